The number of thioether (sulfide) groups is 1. The number of morpholine rings is 1. The third-order valence-electron chi connectivity index (χ3n) is 5.16. The van der Waals surface area contributed by atoms with Gasteiger partial charge < -0.3 is 9.64 Å². The molecule has 1 saturated carbocycles. The van der Waals surface area contributed by atoms with Crippen LogP contribution in [-0.4, -0.2) is 52.1 Å². The Bertz CT molecular complexity index is 841. The number of carbonyl (C=O) groups is 1. The van der Waals surface area contributed by atoms with Crippen molar-refractivity contribution in [3.05, 3.63) is 34.9 Å². The number of aromatic nitrogens is 3. The molecule has 1 unspecified atom stereocenters. The highest BCUT2D eigenvalue weighted by Crippen LogP contribution is 2.42. The van der Waals surface area contributed by atoms with E-state index in [1.54, 1.807) is 0 Å². The zero-order valence-corrected chi connectivity index (χ0v) is 17.0. The number of nitrogens with zero attached hydrogens (tertiary/aromatic N) is 4. The lowest BCUT2D eigenvalue weighted by Gasteiger charge is -2.28. The van der Waals surface area contributed by atoms with Crippen molar-refractivity contribution in [2.75, 3.05) is 31.2 Å². The number of carbonyl (C=O) groups excluding carboxylic acids is 1. The molecule has 6 nitrogen and oxygen atoms in total. The number of ketones is 1. The van der Waals surface area contributed by atoms with Gasteiger partial charge in [0, 0.05) is 24.7 Å². The van der Waals surface area contributed by atoms with Crippen molar-refractivity contribution in [3.63, 3.8) is 0 Å². The van der Waals surface area contributed by atoms with E-state index in [0.29, 0.717) is 6.04 Å². The molecule has 1 aromatic carbocycles. The maximum Gasteiger partial charge on any atom is 0.228 e. The van der Waals surface area contributed by atoms with Crippen molar-refractivity contribution in [3.8, 4) is 0 Å². The van der Waals surface area contributed by atoms with E-state index >= 15 is 0 Å². The van der Waals surface area contributed by atoms with Gasteiger partial charge in [-0.3, -0.25) is 9.36 Å². The van der Waals surface area contributed by atoms with E-state index < -0.39 is 0 Å². The van der Waals surface area contributed by atoms with Crippen LogP contribution in [0.1, 0.15) is 47.3 Å². The van der Waals surface area contributed by atoms with Gasteiger partial charge in [0.05, 0.1) is 18.5 Å². The second-order valence-electron chi connectivity index (χ2n) is 7.43. The van der Waals surface area contributed by atoms with Crippen LogP contribution >= 0.6 is 11.8 Å². The first-order chi connectivity index (χ1) is 13.0. The predicted octanol–water partition coefficient (Wildman–Crippen LogP) is 3.43. The Balaban J connectivity index is 1.56. The van der Waals surface area contributed by atoms with Gasteiger partial charge in [-0.25, -0.2) is 0 Å². The summed E-state index contributed by atoms with van der Waals surface area (Å²) in [6.07, 6.45) is 2.31. The molecule has 0 amide bonds. The van der Waals surface area contributed by atoms with Gasteiger partial charge in [0.25, 0.3) is 0 Å². The van der Waals surface area contributed by atoms with E-state index in [4.69, 9.17) is 4.74 Å². The molecule has 2 fully saturated rings. The van der Waals surface area contributed by atoms with Crippen molar-refractivity contribution in [2.24, 2.45) is 0 Å². The van der Waals surface area contributed by atoms with Crippen molar-refractivity contribution in [2.45, 2.75) is 50.1 Å². The van der Waals surface area contributed by atoms with Crippen LogP contribution in [0.5, 0.6) is 0 Å². The van der Waals surface area contributed by atoms with Crippen LogP contribution in [0.15, 0.2) is 23.4 Å². The lowest BCUT2D eigenvalue weighted by atomic mass is 10.0. The van der Waals surface area contributed by atoms with Crippen LogP contribution in [0.3, 0.4) is 0 Å². The smallest absolute Gasteiger partial charge is 0.228 e. The van der Waals surface area contributed by atoms with Gasteiger partial charge in [0.15, 0.2) is 10.9 Å². The SMILES string of the molecule is Cc1ccc(C)c(C(=O)C(C)Sc2nnc(N3CCOCC3)n2C2CC2)c1. The number of Topliss-reactive ketones (excluding diaryl/α,β-unsaturated/α-hetero) is 1. The average molecular weight is 387 g/mol. The molecule has 1 aromatic heterocycles. The van der Waals surface area contributed by atoms with E-state index in [1.165, 1.54) is 11.8 Å². The molecule has 144 valence electrons. The summed E-state index contributed by atoms with van der Waals surface area (Å²) in [5.41, 5.74) is 2.94. The Morgan fingerprint density at radius 2 is 1.96 bits per heavy atom. The molecule has 1 saturated heterocycles. The Kier molecular flexibility index (Phi) is 5.23. The Labute approximate surface area is 164 Å². The highest BCUT2D eigenvalue weighted by atomic mass is 32.2. The molecular formula is C20H26N4O2S. The largest absolute Gasteiger partial charge is 0.378 e. The van der Waals surface area contributed by atoms with Crippen molar-refractivity contribution < 1.29 is 9.53 Å². The third-order valence-corrected chi connectivity index (χ3v) is 6.22. The monoisotopic (exact) mass is 386 g/mol. The van der Waals surface area contributed by atoms with Crippen LogP contribution in [0, 0.1) is 13.8 Å². The predicted molar refractivity (Wildman–Crippen MR) is 107 cm³/mol. The molecule has 4 rings (SSSR count). The first-order valence-corrected chi connectivity index (χ1v) is 10.5. The molecule has 0 N–H and O–H groups in total. The molecule has 1 aliphatic heterocycles. The quantitative estimate of drug-likeness (QED) is 0.560. The topological polar surface area (TPSA) is 60.3 Å². The van der Waals surface area contributed by atoms with Gasteiger partial charge in [-0.05, 0) is 45.2 Å². The fraction of sp³-hybridized carbons (Fsp3) is 0.550. The zero-order valence-electron chi connectivity index (χ0n) is 16.1. The number of rotatable bonds is 6. The summed E-state index contributed by atoms with van der Waals surface area (Å²) in [6.45, 7) is 9.11. The molecule has 0 bridgehead atoms. The number of hydrogen-bond acceptors (Lipinski definition) is 6. The molecule has 0 spiro atoms. The fourth-order valence-electron chi connectivity index (χ4n) is 3.41. The molecule has 1 aliphatic carbocycles. The van der Waals surface area contributed by atoms with Crippen LogP contribution in [-0.2, 0) is 4.74 Å². The van der Waals surface area contributed by atoms with Gasteiger partial charge >= 0.3 is 0 Å². The van der Waals surface area contributed by atoms with Crippen LogP contribution in [0.4, 0.5) is 5.95 Å². The molecule has 2 aromatic rings. The average Bonchev–Trinajstić information content (AvgIpc) is 3.44. The standard InChI is InChI=1S/C20H26N4O2S/c1-13-4-5-14(2)17(12-13)18(25)15(3)27-20-22-21-19(24(20)16-6-7-16)23-8-10-26-11-9-23/h4-5,12,15-16H,6-11H2,1-3H3. The lowest BCUT2D eigenvalue weighted by molar-refractivity contribution is 0.0993. The first-order valence-electron chi connectivity index (χ1n) is 9.60. The minimum Gasteiger partial charge on any atom is -0.378 e. The lowest BCUT2D eigenvalue weighted by Crippen LogP contribution is -2.38. The fourth-order valence-corrected chi connectivity index (χ4v) is 4.40. The maximum absolute atomic E-state index is 13.0. The molecule has 2 heterocycles. The summed E-state index contributed by atoms with van der Waals surface area (Å²) in [5, 5.41) is 9.57. The Morgan fingerprint density at radius 1 is 1.22 bits per heavy atom. The van der Waals surface area contributed by atoms with Crippen molar-refractivity contribution in [1.82, 2.24) is 14.8 Å². The van der Waals surface area contributed by atoms with Crippen LogP contribution in [0.25, 0.3) is 0 Å². The zero-order chi connectivity index (χ0) is 19.0. The minimum absolute atomic E-state index is 0.152. The van der Waals surface area contributed by atoms with Gasteiger partial charge in [-0.1, -0.05) is 29.5 Å². The van der Waals surface area contributed by atoms with E-state index in [2.05, 4.69) is 19.7 Å². The van der Waals surface area contributed by atoms with Gasteiger partial charge in [0.1, 0.15) is 0 Å². The highest BCUT2D eigenvalue weighted by molar-refractivity contribution is 8.00. The van der Waals surface area contributed by atoms with E-state index in [1.807, 2.05) is 39.0 Å². The van der Waals surface area contributed by atoms with Crippen LogP contribution < -0.4 is 4.90 Å². The summed E-state index contributed by atoms with van der Waals surface area (Å²) in [4.78, 5) is 15.3. The number of hydrogen-bond donors (Lipinski definition) is 0. The molecule has 0 radical (unpaired) electrons. The summed E-state index contributed by atoms with van der Waals surface area (Å²) in [7, 11) is 0. The van der Waals surface area contributed by atoms with Gasteiger partial charge in [-0.2, -0.15) is 0 Å². The first kappa shape index (κ1) is 18.5. The minimum atomic E-state index is -0.204. The number of ether oxygens (including phenoxy) is 1. The van der Waals surface area contributed by atoms with Crippen LogP contribution in [0.2, 0.25) is 0 Å². The summed E-state index contributed by atoms with van der Waals surface area (Å²) in [6, 6.07) is 6.51. The molecule has 7 heteroatoms. The molecular weight excluding hydrogens is 360 g/mol. The number of benzene rings is 1. The second-order valence-corrected chi connectivity index (χ2v) is 8.73. The molecule has 27 heavy (non-hydrogen) atoms. The number of aryl methyl sites for hydroxylation is 2. The summed E-state index contributed by atoms with van der Waals surface area (Å²) >= 11 is 1.52. The third kappa shape index (κ3) is 3.89. The summed E-state index contributed by atoms with van der Waals surface area (Å²) < 4.78 is 7.70. The highest BCUT2D eigenvalue weighted by Gasteiger charge is 2.33. The molecule has 1 atom stereocenters. The maximum atomic E-state index is 13.0. The Morgan fingerprint density at radius 3 is 2.67 bits per heavy atom. The van der Waals surface area contributed by atoms with E-state index in [-0.39, 0.29) is 11.0 Å². The van der Waals surface area contributed by atoms with Gasteiger partial charge in [0.2, 0.25) is 5.95 Å². The van der Waals surface area contributed by atoms with E-state index in [0.717, 1.165) is 66.9 Å². The van der Waals surface area contributed by atoms with Gasteiger partial charge in [-0.15, -0.1) is 10.2 Å². The summed E-state index contributed by atoms with van der Waals surface area (Å²) in [5.74, 6) is 1.08. The van der Waals surface area contributed by atoms with E-state index in [9.17, 15) is 4.79 Å². The number of anilines is 1. The normalized spacial score (nSPS) is 18.6. The van der Waals surface area contributed by atoms with Crippen molar-refractivity contribution >= 4 is 23.5 Å². The van der Waals surface area contributed by atoms with Crippen molar-refractivity contribution in [1.29, 1.82) is 0 Å². The molecule has 2 aliphatic rings. The Hall–Kier alpha value is -1.86. The second kappa shape index (κ2) is 7.64.